The number of ether oxygens (including phenoxy) is 1. The van der Waals surface area contributed by atoms with Crippen molar-refractivity contribution in [1.29, 1.82) is 0 Å². The van der Waals surface area contributed by atoms with Crippen molar-refractivity contribution in [3.05, 3.63) is 59.9 Å². The first-order valence-electron chi connectivity index (χ1n) is 10.2. The van der Waals surface area contributed by atoms with E-state index in [1.807, 2.05) is 6.07 Å². The van der Waals surface area contributed by atoms with E-state index in [4.69, 9.17) is 9.26 Å². The number of nitrogens with zero attached hydrogens (tertiary/aromatic N) is 4. The number of rotatable bonds is 9. The zero-order valence-electron chi connectivity index (χ0n) is 17.2. The minimum atomic E-state index is -0.207. The summed E-state index contributed by atoms with van der Waals surface area (Å²) >= 11 is 0. The molecule has 1 aromatic carbocycles. The second kappa shape index (κ2) is 8.94. The number of aromatic nitrogens is 3. The molecule has 1 amide bonds. The van der Waals surface area contributed by atoms with Gasteiger partial charge in [0.05, 0.1) is 5.56 Å². The van der Waals surface area contributed by atoms with Gasteiger partial charge in [0.2, 0.25) is 11.7 Å². The van der Waals surface area contributed by atoms with Gasteiger partial charge in [0.1, 0.15) is 11.6 Å². The molecule has 156 valence electrons. The Kier molecular flexibility index (Phi) is 5.92. The minimum Gasteiger partial charge on any atom is -0.485 e. The molecule has 1 saturated carbocycles. The van der Waals surface area contributed by atoms with Crippen LogP contribution in [0.25, 0.3) is 0 Å². The van der Waals surface area contributed by atoms with Crippen molar-refractivity contribution in [3.8, 4) is 5.75 Å². The van der Waals surface area contributed by atoms with Gasteiger partial charge in [-0.25, -0.2) is 4.98 Å². The summed E-state index contributed by atoms with van der Waals surface area (Å²) in [5, 5.41) is 6.80. The Morgan fingerprint density at radius 3 is 2.57 bits per heavy atom. The largest absolute Gasteiger partial charge is 0.485 e. The van der Waals surface area contributed by atoms with Crippen molar-refractivity contribution in [2.24, 2.45) is 0 Å². The van der Waals surface area contributed by atoms with Gasteiger partial charge in [-0.1, -0.05) is 5.16 Å². The molecule has 8 heteroatoms. The molecule has 4 rings (SSSR count). The fraction of sp³-hybridized carbons (Fsp3) is 0.364. The second-order valence-corrected chi connectivity index (χ2v) is 7.17. The average Bonchev–Trinajstić information content (AvgIpc) is 3.52. The highest BCUT2D eigenvalue weighted by Crippen LogP contribution is 2.38. The van der Waals surface area contributed by atoms with E-state index in [2.05, 4.69) is 39.2 Å². The molecule has 0 aliphatic heterocycles. The Morgan fingerprint density at radius 1 is 1.17 bits per heavy atom. The maximum atomic E-state index is 12.5. The quantitative estimate of drug-likeness (QED) is 0.572. The zero-order valence-corrected chi connectivity index (χ0v) is 17.2. The molecule has 0 unspecified atom stereocenters. The molecule has 1 N–H and O–H groups in total. The summed E-state index contributed by atoms with van der Waals surface area (Å²) < 4.78 is 10.9. The Hall–Kier alpha value is -3.42. The van der Waals surface area contributed by atoms with E-state index in [-0.39, 0.29) is 12.5 Å². The van der Waals surface area contributed by atoms with Gasteiger partial charge in [-0.15, -0.1) is 0 Å². The zero-order chi connectivity index (χ0) is 20.9. The predicted molar refractivity (Wildman–Crippen MR) is 113 cm³/mol. The van der Waals surface area contributed by atoms with Gasteiger partial charge in [0.25, 0.3) is 5.91 Å². The molecule has 30 heavy (non-hydrogen) atoms. The molecule has 3 aromatic rings. The maximum Gasteiger partial charge on any atom is 0.257 e. The molecule has 1 aliphatic carbocycles. The van der Waals surface area contributed by atoms with Gasteiger partial charge in [-0.2, -0.15) is 4.98 Å². The molecule has 2 heterocycles. The van der Waals surface area contributed by atoms with Crippen LogP contribution >= 0.6 is 0 Å². The third kappa shape index (κ3) is 4.76. The van der Waals surface area contributed by atoms with Crippen molar-refractivity contribution in [1.82, 2.24) is 15.1 Å². The lowest BCUT2D eigenvalue weighted by atomic mass is 10.2. The molecular formula is C22H25N5O3. The Balaban J connectivity index is 1.30. The van der Waals surface area contributed by atoms with E-state index in [9.17, 15) is 4.79 Å². The standard InChI is InChI=1S/C22H25N5O3/c1-3-27(4-2)20-12-7-16(13-23-20)21(28)24-17-8-10-18(11-9-17)29-14-19-25-22(30-26-19)15-5-6-15/h7-13,15H,3-6,14H2,1-2H3,(H,24,28). The van der Waals surface area contributed by atoms with Crippen LogP contribution in [0, 0.1) is 0 Å². The van der Waals surface area contributed by atoms with E-state index < -0.39 is 0 Å². The van der Waals surface area contributed by atoms with Gasteiger partial charge in [0, 0.05) is 30.9 Å². The average molecular weight is 407 g/mol. The van der Waals surface area contributed by atoms with E-state index in [0.29, 0.717) is 34.6 Å². The molecule has 0 radical (unpaired) electrons. The van der Waals surface area contributed by atoms with E-state index >= 15 is 0 Å². The number of amides is 1. The Bertz CT molecular complexity index is 977. The normalized spacial score (nSPS) is 13.1. The summed E-state index contributed by atoms with van der Waals surface area (Å²) in [7, 11) is 0. The maximum absolute atomic E-state index is 12.5. The predicted octanol–water partition coefficient (Wildman–Crippen LogP) is 4.02. The number of hydrogen-bond acceptors (Lipinski definition) is 7. The van der Waals surface area contributed by atoms with Crippen LogP contribution in [0.5, 0.6) is 5.75 Å². The van der Waals surface area contributed by atoms with Crippen LogP contribution in [-0.2, 0) is 6.61 Å². The van der Waals surface area contributed by atoms with Gasteiger partial charge < -0.3 is 19.5 Å². The van der Waals surface area contributed by atoms with E-state index in [1.54, 1.807) is 36.5 Å². The van der Waals surface area contributed by atoms with Crippen LogP contribution in [0.2, 0.25) is 0 Å². The summed E-state index contributed by atoms with van der Waals surface area (Å²) in [5.74, 6) is 2.99. The SMILES string of the molecule is CCN(CC)c1ccc(C(=O)Nc2ccc(OCc3noc(C4CC4)n3)cc2)cn1. The molecule has 0 spiro atoms. The fourth-order valence-electron chi connectivity index (χ4n) is 3.06. The molecule has 8 nitrogen and oxygen atoms in total. The molecule has 0 bridgehead atoms. The first-order chi connectivity index (χ1) is 14.7. The summed E-state index contributed by atoms with van der Waals surface area (Å²) in [6, 6.07) is 10.8. The van der Waals surface area contributed by atoms with Crippen molar-refractivity contribution >= 4 is 17.4 Å². The highest BCUT2D eigenvalue weighted by Gasteiger charge is 2.29. The fourth-order valence-corrected chi connectivity index (χ4v) is 3.06. The van der Waals surface area contributed by atoms with Crippen molar-refractivity contribution in [3.63, 3.8) is 0 Å². The van der Waals surface area contributed by atoms with Gasteiger partial charge in [0.15, 0.2) is 6.61 Å². The summed E-state index contributed by atoms with van der Waals surface area (Å²) in [6.45, 7) is 6.14. The monoisotopic (exact) mass is 407 g/mol. The third-order valence-corrected chi connectivity index (χ3v) is 4.99. The molecular weight excluding hydrogens is 382 g/mol. The first kappa shape index (κ1) is 19.9. The van der Waals surface area contributed by atoms with Crippen molar-refractivity contribution in [2.45, 2.75) is 39.2 Å². The number of benzene rings is 1. The number of carbonyl (C=O) groups excluding carboxylic acids is 1. The highest BCUT2D eigenvalue weighted by atomic mass is 16.5. The van der Waals surface area contributed by atoms with E-state index in [0.717, 1.165) is 31.7 Å². The molecule has 2 aromatic heterocycles. The second-order valence-electron chi connectivity index (χ2n) is 7.17. The molecule has 1 fully saturated rings. The van der Waals surface area contributed by atoms with Crippen LogP contribution in [0.1, 0.15) is 54.7 Å². The smallest absolute Gasteiger partial charge is 0.257 e. The van der Waals surface area contributed by atoms with Gasteiger partial charge >= 0.3 is 0 Å². The number of hydrogen-bond donors (Lipinski definition) is 1. The van der Waals surface area contributed by atoms with Crippen molar-refractivity contribution < 1.29 is 14.1 Å². The van der Waals surface area contributed by atoms with Crippen LogP contribution in [-0.4, -0.2) is 34.1 Å². The lowest BCUT2D eigenvalue weighted by Crippen LogP contribution is -2.23. The summed E-state index contributed by atoms with van der Waals surface area (Å²) in [5.41, 5.74) is 1.19. The van der Waals surface area contributed by atoms with Gasteiger partial charge in [-0.3, -0.25) is 4.79 Å². The van der Waals surface area contributed by atoms with Crippen LogP contribution in [0.15, 0.2) is 47.1 Å². The Labute approximate surface area is 175 Å². The minimum absolute atomic E-state index is 0.207. The van der Waals surface area contributed by atoms with Crippen LogP contribution in [0.4, 0.5) is 11.5 Å². The third-order valence-electron chi connectivity index (χ3n) is 4.99. The number of nitrogens with one attached hydrogen (secondary N) is 1. The lowest BCUT2D eigenvalue weighted by Gasteiger charge is -2.19. The van der Waals surface area contributed by atoms with E-state index in [1.165, 1.54) is 0 Å². The van der Waals surface area contributed by atoms with Crippen LogP contribution < -0.4 is 15.0 Å². The summed E-state index contributed by atoms with van der Waals surface area (Å²) in [6.07, 6.45) is 3.83. The summed E-state index contributed by atoms with van der Waals surface area (Å²) in [4.78, 5) is 23.3. The number of anilines is 2. The van der Waals surface area contributed by atoms with Gasteiger partial charge in [-0.05, 0) is 63.1 Å². The lowest BCUT2D eigenvalue weighted by molar-refractivity contribution is 0.102. The number of carbonyl (C=O) groups is 1. The Morgan fingerprint density at radius 2 is 1.93 bits per heavy atom. The molecule has 0 atom stereocenters. The highest BCUT2D eigenvalue weighted by molar-refractivity contribution is 6.04. The van der Waals surface area contributed by atoms with Crippen LogP contribution in [0.3, 0.4) is 0 Å². The molecule has 1 aliphatic rings. The molecule has 0 saturated heterocycles. The van der Waals surface area contributed by atoms with Crippen molar-refractivity contribution in [2.75, 3.05) is 23.3 Å². The number of pyridine rings is 1. The first-order valence-corrected chi connectivity index (χ1v) is 10.2. The topological polar surface area (TPSA) is 93.4 Å².